The van der Waals surface area contributed by atoms with E-state index < -0.39 is 0 Å². The minimum Gasteiger partial charge on any atom is -0.299 e. The number of Topliss-reactive ketones (excluding diaryl/α,β-unsaturated/α-hetero) is 1. The van der Waals surface area contributed by atoms with Crippen LogP contribution in [0, 0.1) is 0 Å². The Bertz CT molecular complexity index is 88.5. The molecule has 0 N–H and O–H groups in total. The largest absolute Gasteiger partial charge is 0.299 e. The van der Waals surface area contributed by atoms with Crippen molar-refractivity contribution in [2.75, 3.05) is 13.3 Å². The van der Waals surface area contributed by atoms with E-state index >= 15 is 0 Å². The SMILES string of the molecule is CC(=O)C(C)P(C)C. The molecule has 0 aliphatic carbocycles. The lowest BCUT2D eigenvalue weighted by Gasteiger charge is -2.10. The summed E-state index contributed by atoms with van der Waals surface area (Å²) in [5, 5.41) is 0. The minimum absolute atomic E-state index is 0.0507. The predicted molar refractivity (Wildman–Crippen MR) is 38.9 cm³/mol. The van der Waals surface area contributed by atoms with E-state index in [1.165, 1.54) is 0 Å². The van der Waals surface area contributed by atoms with E-state index in [0.717, 1.165) is 0 Å². The van der Waals surface area contributed by atoms with E-state index in [1.807, 2.05) is 6.92 Å². The van der Waals surface area contributed by atoms with Crippen LogP contribution in [0.25, 0.3) is 0 Å². The van der Waals surface area contributed by atoms with Gasteiger partial charge in [0.15, 0.2) is 0 Å². The van der Waals surface area contributed by atoms with Crippen LogP contribution in [0.1, 0.15) is 13.8 Å². The van der Waals surface area contributed by atoms with Crippen LogP contribution in [0.15, 0.2) is 0 Å². The van der Waals surface area contributed by atoms with Gasteiger partial charge < -0.3 is 0 Å². The number of carbonyl (C=O) groups excluding carboxylic acids is 1. The van der Waals surface area contributed by atoms with Crippen LogP contribution in [-0.4, -0.2) is 24.8 Å². The maximum Gasteiger partial charge on any atom is 0.136 e. The van der Waals surface area contributed by atoms with Crippen LogP contribution in [0.3, 0.4) is 0 Å². The van der Waals surface area contributed by atoms with E-state index in [-0.39, 0.29) is 7.92 Å². The normalized spacial score (nSPS) is 14.1. The Labute approximate surface area is 52.2 Å². The van der Waals surface area contributed by atoms with Crippen molar-refractivity contribution in [3.8, 4) is 0 Å². The van der Waals surface area contributed by atoms with Gasteiger partial charge in [0, 0.05) is 5.66 Å². The van der Waals surface area contributed by atoms with Gasteiger partial charge in [0.1, 0.15) is 5.78 Å². The molecule has 0 aliphatic rings. The molecule has 8 heavy (non-hydrogen) atoms. The molecule has 0 aromatic heterocycles. The van der Waals surface area contributed by atoms with E-state index in [4.69, 9.17) is 0 Å². The lowest BCUT2D eigenvalue weighted by molar-refractivity contribution is -0.116. The number of rotatable bonds is 2. The maximum atomic E-state index is 10.6. The molecule has 0 bridgehead atoms. The molecule has 0 aliphatic heterocycles. The summed E-state index contributed by atoms with van der Waals surface area (Å²) in [5.74, 6) is 0.320. The van der Waals surface area contributed by atoms with Crippen LogP contribution in [0.2, 0.25) is 0 Å². The van der Waals surface area contributed by atoms with Gasteiger partial charge in [-0.05, 0) is 20.3 Å². The smallest absolute Gasteiger partial charge is 0.136 e. The molecule has 0 heterocycles. The van der Waals surface area contributed by atoms with Crippen LogP contribution >= 0.6 is 7.92 Å². The Morgan fingerprint density at radius 2 is 1.88 bits per heavy atom. The Hall–Kier alpha value is 0.100. The highest BCUT2D eigenvalue weighted by molar-refractivity contribution is 7.57. The van der Waals surface area contributed by atoms with E-state index in [1.54, 1.807) is 6.92 Å². The van der Waals surface area contributed by atoms with E-state index in [9.17, 15) is 4.79 Å². The summed E-state index contributed by atoms with van der Waals surface area (Å²) in [7, 11) is -0.0507. The van der Waals surface area contributed by atoms with Crippen molar-refractivity contribution in [2.45, 2.75) is 19.5 Å². The maximum absolute atomic E-state index is 10.6. The quantitative estimate of drug-likeness (QED) is 0.522. The van der Waals surface area contributed by atoms with Gasteiger partial charge in [-0.15, -0.1) is 7.92 Å². The van der Waals surface area contributed by atoms with Gasteiger partial charge in [-0.3, -0.25) is 4.79 Å². The third-order valence-electron chi connectivity index (χ3n) is 1.36. The van der Waals surface area contributed by atoms with Crippen molar-refractivity contribution in [1.82, 2.24) is 0 Å². The zero-order chi connectivity index (χ0) is 6.73. The average molecular weight is 132 g/mol. The van der Waals surface area contributed by atoms with Crippen LogP contribution in [0.4, 0.5) is 0 Å². The zero-order valence-corrected chi connectivity index (χ0v) is 6.83. The third kappa shape index (κ3) is 2.42. The molecule has 1 atom stereocenters. The molecule has 0 radical (unpaired) electrons. The average Bonchev–Trinajstić information content (AvgIpc) is 1.64. The minimum atomic E-state index is -0.0507. The second kappa shape index (κ2) is 3.19. The molecular weight excluding hydrogens is 119 g/mol. The molecule has 0 rings (SSSR count). The molecule has 0 amide bonds. The topological polar surface area (TPSA) is 17.1 Å². The molecule has 1 unspecified atom stereocenters. The highest BCUT2D eigenvalue weighted by Crippen LogP contribution is 2.31. The Morgan fingerprint density at radius 1 is 1.50 bits per heavy atom. The van der Waals surface area contributed by atoms with Gasteiger partial charge in [-0.1, -0.05) is 6.92 Å². The number of hydrogen-bond donors (Lipinski definition) is 0. The summed E-state index contributed by atoms with van der Waals surface area (Å²) >= 11 is 0. The summed E-state index contributed by atoms with van der Waals surface area (Å²) in [6.45, 7) is 7.91. The Balaban J connectivity index is 3.64. The highest BCUT2D eigenvalue weighted by Gasteiger charge is 2.09. The molecule has 0 saturated carbocycles. The fourth-order valence-electron chi connectivity index (χ4n) is 0.364. The lowest BCUT2D eigenvalue weighted by atomic mass is 10.3. The van der Waals surface area contributed by atoms with Crippen molar-refractivity contribution in [3.05, 3.63) is 0 Å². The van der Waals surface area contributed by atoms with Crippen LogP contribution < -0.4 is 0 Å². The van der Waals surface area contributed by atoms with Crippen molar-refractivity contribution >= 4 is 13.7 Å². The third-order valence-corrected chi connectivity index (χ3v) is 3.28. The first kappa shape index (κ1) is 8.10. The number of hydrogen-bond acceptors (Lipinski definition) is 1. The molecule has 1 nitrogen and oxygen atoms in total. The van der Waals surface area contributed by atoms with Gasteiger partial charge in [-0.2, -0.15) is 0 Å². The van der Waals surface area contributed by atoms with E-state index in [2.05, 4.69) is 13.3 Å². The zero-order valence-electron chi connectivity index (χ0n) is 5.93. The first-order valence-electron chi connectivity index (χ1n) is 2.72. The molecule has 0 saturated heterocycles. The first-order chi connectivity index (χ1) is 3.55. The molecule has 0 fully saturated rings. The number of carbonyl (C=O) groups is 1. The van der Waals surface area contributed by atoms with Crippen LogP contribution in [-0.2, 0) is 4.79 Å². The van der Waals surface area contributed by atoms with Crippen molar-refractivity contribution in [2.24, 2.45) is 0 Å². The fraction of sp³-hybridized carbons (Fsp3) is 0.833. The van der Waals surface area contributed by atoms with Crippen molar-refractivity contribution < 1.29 is 4.79 Å². The summed E-state index contributed by atoms with van der Waals surface area (Å²) in [4.78, 5) is 10.6. The monoisotopic (exact) mass is 132 g/mol. The second-order valence-corrected chi connectivity index (χ2v) is 4.95. The summed E-state index contributed by atoms with van der Waals surface area (Å²) < 4.78 is 0. The summed E-state index contributed by atoms with van der Waals surface area (Å²) in [5.41, 5.74) is 0.296. The molecular formula is C6H13OP. The molecule has 0 aromatic carbocycles. The van der Waals surface area contributed by atoms with Crippen molar-refractivity contribution in [3.63, 3.8) is 0 Å². The standard InChI is InChI=1S/C6H13OP/c1-5(7)6(2)8(3)4/h6H,1-4H3. The number of ketones is 1. The van der Waals surface area contributed by atoms with E-state index in [0.29, 0.717) is 11.4 Å². The predicted octanol–water partition coefficient (Wildman–Crippen LogP) is 1.71. The molecule has 48 valence electrons. The van der Waals surface area contributed by atoms with Crippen LogP contribution in [0.5, 0.6) is 0 Å². The Kier molecular flexibility index (Phi) is 3.23. The first-order valence-corrected chi connectivity index (χ1v) is 5.03. The molecule has 0 aromatic rings. The fourth-order valence-corrected chi connectivity index (χ4v) is 1.09. The lowest BCUT2D eigenvalue weighted by Crippen LogP contribution is -2.09. The van der Waals surface area contributed by atoms with Gasteiger partial charge in [0.25, 0.3) is 0 Å². The van der Waals surface area contributed by atoms with Gasteiger partial charge in [0.05, 0.1) is 0 Å². The molecule has 2 heteroatoms. The van der Waals surface area contributed by atoms with Gasteiger partial charge in [-0.25, -0.2) is 0 Å². The van der Waals surface area contributed by atoms with Gasteiger partial charge >= 0.3 is 0 Å². The second-order valence-electron chi connectivity index (χ2n) is 2.25. The summed E-state index contributed by atoms with van der Waals surface area (Å²) in [6, 6.07) is 0. The Morgan fingerprint density at radius 3 is 1.88 bits per heavy atom. The molecule has 0 spiro atoms. The summed E-state index contributed by atoms with van der Waals surface area (Å²) in [6.07, 6.45) is 0. The van der Waals surface area contributed by atoms with Crippen molar-refractivity contribution in [1.29, 1.82) is 0 Å². The highest BCUT2D eigenvalue weighted by atomic mass is 31.1. The van der Waals surface area contributed by atoms with Gasteiger partial charge in [0.2, 0.25) is 0 Å².